The van der Waals surface area contributed by atoms with Gasteiger partial charge in [-0.2, -0.15) is 0 Å². The molecule has 0 amide bonds. The van der Waals surface area contributed by atoms with Crippen molar-refractivity contribution in [2.75, 3.05) is 11.9 Å². The summed E-state index contributed by atoms with van der Waals surface area (Å²) in [6, 6.07) is 29.8. The third-order valence-corrected chi connectivity index (χ3v) is 6.04. The van der Waals surface area contributed by atoms with Crippen LogP contribution >= 0.6 is 0 Å². The maximum atomic E-state index is 6.80. The zero-order chi connectivity index (χ0) is 18.7. The summed E-state index contributed by atoms with van der Waals surface area (Å²) in [5.41, 5.74) is 5.31. The third-order valence-electron chi connectivity index (χ3n) is 6.04. The number of rotatable bonds is 0. The molecule has 0 aromatic heterocycles. The summed E-state index contributed by atoms with van der Waals surface area (Å²) in [5.74, 6) is 0.919. The first-order chi connectivity index (χ1) is 13.8. The monoisotopic (exact) mass is 361 g/mol. The van der Waals surface area contributed by atoms with Gasteiger partial charge < -0.3 is 9.64 Å². The first kappa shape index (κ1) is 15.5. The molecule has 6 rings (SSSR count). The lowest BCUT2D eigenvalue weighted by molar-refractivity contribution is 0.116. The van der Waals surface area contributed by atoms with Gasteiger partial charge in [-0.3, -0.25) is 0 Å². The fourth-order valence-electron chi connectivity index (χ4n) is 4.64. The van der Waals surface area contributed by atoms with Crippen molar-refractivity contribution >= 4 is 22.5 Å². The maximum absolute atomic E-state index is 6.80. The van der Waals surface area contributed by atoms with Gasteiger partial charge in [0.25, 0.3) is 0 Å². The van der Waals surface area contributed by atoms with E-state index in [0.717, 1.165) is 11.3 Å². The van der Waals surface area contributed by atoms with E-state index >= 15 is 0 Å². The van der Waals surface area contributed by atoms with Gasteiger partial charge in [0.2, 0.25) is 5.72 Å². The molecule has 0 saturated carbocycles. The van der Waals surface area contributed by atoms with Gasteiger partial charge in [0.1, 0.15) is 5.75 Å². The van der Waals surface area contributed by atoms with Crippen LogP contribution in [0.3, 0.4) is 0 Å². The van der Waals surface area contributed by atoms with Crippen molar-refractivity contribution < 1.29 is 4.74 Å². The molecule has 134 valence electrons. The van der Waals surface area contributed by atoms with Crippen LogP contribution in [0, 0.1) is 0 Å². The maximum Gasteiger partial charge on any atom is 0.229 e. The van der Waals surface area contributed by atoms with Gasteiger partial charge in [-0.25, -0.2) is 0 Å². The largest absolute Gasteiger partial charge is 0.459 e. The number of hydrogen-bond donors (Lipinski definition) is 0. The van der Waals surface area contributed by atoms with Crippen LogP contribution in [0.15, 0.2) is 91.0 Å². The highest BCUT2D eigenvalue weighted by atomic mass is 16.5. The number of ether oxygens (including phenoxy) is 1. The Morgan fingerprint density at radius 3 is 2.43 bits per heavy atom. The predicted molar refractivity (Wildman–Crippen MR) is 116 cm³/mol. The van der Waals surface area contributed by atoms with Crippen LogP contribution in [-0.4, -0.2) is 7.05 Å². The highest BCUT2D eigenvalue weighted by Crippen LogP contribution is 2.51. The number of para-hydroxylation sites is 1. The van der Waals surface area contributed by atoms with Gasteiger partial charge in [0.05, 0.1) is 0 Å². The van der Waals surface area contributed by atoms with E-state index in [1.54, 1.807) is 0 Å². The van der Waals surface area contributed by atoms with Gasteiger partial charge >= 0.3 is 0 Å². The van der Waals surface area contributed by atoms with Gasteiger partial charge in [-0.1, -0.05) is 72.8 Å². The molecule has 0 saturated heterocycles. The van der Waals surface area contributed by atoms with Crippen molar-refractivity contribution in [1.82, 2.24) is 0 Å². The Bertz CT molecular complexity index is 1270. The van der Waals surface area contributed by atoms with Crippen molar-refractivity contribution in [2.45, 2.75) is 5.72 Å². The van der Waals surface area contributed by atoms with Crippen LogP contribution in [0.1, 0.15) is 11.1 Å². The molecule has 0 N–H and O–H groups in total. The molecule has 0 aliphatic carbocycles. The number of anilines is 1. The molecule has 1 unspecified atom stereocenters. The lowest BCUT2D eigenvalue weighted by Gasteiger charge is -2.47. The predicted octanol–water partition coefficient (Wildman–Crippen LogP) is 6.22. The Kier molecular flexibility index (Phi) is 3.05. The van der Waals surface area contributed by atoms with Crippen LogP contribution < -0.4 is 9.64 Å². The van der Waals surface area contributed by atoms with Crippen molar-refractivity contribution in [3.05, 3.63) is 102 Å². The minimum Gasteiger partial charge on any atom is -0.459 e. The fourth-order valence-corrected chi connectivity index (χ4v) is 4.64. The van der Waals surface area contributed by atoms with Crippen molar-refractivity contribution in [1.29, 1.82) is 0 Å². The second-order valence-corrected chi connectivity index (χ2v) is 7.45. The molecule has 28 heavy (non-hydrogen) atoms. The Balaban J connectivity index is 1.61. The molecular formula is C26H19NO. The van der Waals surface area contributed by atoms with E-state index in [2.05, 4.69) is 109 Å². The summed E-state index contributed by atoms with van der Waals surface area (Å²) in [4.78, 5) is 2.25. The number of likely N-dealkylation sites (N-methyl/N-ethyl adjacent to an activating group) is 1. The number of hydrogen-bond acceptors (Lipinski definition) is 2. The van der Waals surface area contributed by atoms with E-state index in [1.165, 1.54) is 33.2 Å². The minimum atomic E-state index is -0.652. The number of fused-ring (bicyclic) bond motifs is 7. The van der Waals surface area contributed by atoms with Gasteiger partial charge in [-0.15, -0.1) is 0 Å². The summed E-state index contributed by atoms with van der Waals surface area (Å²) in [5, 5.41) is 2.45. The molecule has 0 bridgehead atoms. The zero-order valence-corrected chi connectivity index (χ0v) is 15.6. The van der Waals surface area contributed by atoms with Crippen LogP contribution in [0.25, 0.3) is 28.0 Å². The van der Waals surface area contributed by atoms with Crippen LogP contribution in [0.4, 0.5) is 5.69 Å². The lowest BCUT2D eigenvalue weighted by atomic mass is 9.84. The number of benzene rings is 4. The SMILES string of the molecule is CN1c2ccccc2-c2ccccc2C12C=Cc1c(ccc3ccccc13)O2. The van der Waals surface area contributed by atoms with Crippen molar-refractivity contribution in [2.24, 2.45) is 0 Å². The summed E-state index contributed by atoms with van der Waals surface area (Å²) in [7, 11) is 2.12. The second-order valence-electron chi connectivity index (χ2n) is 7.45. The first-order valence-corrected chi connectivity index (χ1v) is 9.61. The molecule has 2 nitrogen and oxygen atoms in total. The average molecular weight is 361 g/mol. The van der Waals surface area contributed by atoms with Crippen LogP contribution in [0.2, 0.25) is 0 Å². The quantitative estimate of drug-likeness (QED) is 0.369. The minimum absolute atomic E-state index is 0.652. The van der Waals surface area contributed by atoms with Crippen LogP contribution in [-0.2, 0) is 5.72 Å². The topological polar surface area (TPSA) is 12.5 Å². The fraction of sp³-hybridized carbons (Fsp3) is 0.0769. The van der Waals surface area contributed by atoms with Gasteiger partial charge in [0.15, 0.2) is 0 Å². The smallest absolute Gasteiger partial charge is 0.229 e. The van der Waals surface area contributed by atoms with E-state index in [9.17, 15) is 0 Å². The molecule has 4 aromatic rings. The molecule has 0 radical (unpaired) electrons. The molecule has 2 aliphatic heterocycles. The summed E-state index contributed by atoms with van der Waals surface area (Å²) in [6.07, 6.45) is 4.43. The molecular weight excluding hydrogens is 342 g/mol. The number of nitrogens with zero attached hydrogens (tertiary/aromatic N) is 1. The Morgan fingerprint density at radius 1 is 0.750 bits per heavy atom. The Labute approximate surface area is 164 Å². The molecule has 1 atom stereocenters. The Morgan fingerprint density at radius 2 is 1.50 bits per heavy atom. The lowest BCUT2D eigenvalue weighted by Crippen LogP contribution is -2.50. The Hall–Kier alpha value is -3.52. The highest BCUT2D eigenvalue weighted by molar-refractivity contribution is 5.95. The summed E-state index contributed by atoms with van der Waals surface area (Å²) >= 11 is 0. The van der Waals surface area contributed by atoms with E-state index in [0.29, 0.717) is 0 Å². The summed E-state index contributed by atoms with van der Waals surface area (Å²) < 4.78 is 6.80. The zero-order valence-electron chi connectivity index (χ0n) is 15.6. The summed E-state index contributed by atoms with van der Waals surface area (Å²) in [6.45, 7) is 0. The van der Waals surface area contributed by atoms with Crippen LogP contribution in [0.5, 0.6) is 5.75 Å². The molecule has 2 heterocycles. The average Bonchev–Trinajstić information content (AvgIpc) is 2.77. The van der Waals surface area contributed by atoms with E-state index in [-0.39, 0.29) is 0 Å². The highest BCUT2D eigenvalue weighted by Gasteiger charge is 2.45. The van der Waals surface area contributed by atoms with E-state index in [1.807, 2.05) is 0 Å². The molecule has 4 aromatic carbocycles. The molecule has 0 fully saturated rings. The third kappa shape index (κ3) is 1.92. The standard InChI is InChI=1S/C26H19NO/c1-27-24-13-7-5-11-21(24)20-10-4-6-12-23(20)26(27)17-16-22-19-9-3-2-8-18(19)14-15-25(22)28-26/h2-17H,1H3. The van der Waals surface area contributed by atoms with Crippen molar-refractivity contribution in [3.8, 4) is 16.9 Å². The normalized spacial score (nSPS) is 19.1. The van der Waals surface area contributed by atoms with Crippen molar-refractivity contribution in [3.63, 3.8) is 0 Å². The van der Waals surface area contributed by atoms with E-state index in [4.69, 9.17) is 4.74 Å². The molecule has 2 heteroatoms. The molecule has 1 spiro atoms. The van der Waals surface area contributed by atoms with E-state index < -0.39 is 5.72 Å². The first-order valence-electron chi connectivity index (χ1n) is 9.61. The molecule has 2 aliphatic rings. The van der Waals surface area contributed by atoms with Gasteiger partial charge in [-0.05, 0) is 40.6 Å². The van der Waals surface area contributed by atoms with Gasteiger partial charge in [0, 0.05) is 29.4 Å². The second kappa shape index (κ2) is 5.49.